The van der Waals surface area contributed by atoms with Crippen LogP contribution in [0.5, 0.6) is 0 Å². The quantitative estimate of drug-likeness (QED) is 0.937. The van der Waals surface area contributed by atoms with Gasteiger partial charge in [0.05, 0.1) is 24.0 Å². The summed E-state index contributed by atoms with van der Waals surface area (Å²) >= 11 is 0. The Morgan fingerprint density at radius 1 is 1.25 bits per heavy atom. The van der Waals surface area contributed by atoms with E-state index in [0.717, 1.165) is 31.0 Å². The van der Waals surface area contributed by atoms with Crippen LogP contribution in [0.1, 0.15) is 52.9 Å². The van der Waals surface area contributed by atoms with Crippen LogP contribution < -0.4 is 0 Å². The maximum Gasteiger partial charge on any atom is 0.258 e. The smallest absolute Gasteiger partial charge is 0.258 e. The van der Waals surface area contributed by atoms with Crippen LogP contribution in [-0.2, 0) is 0 Å². The fourth-order valence-electron chi connectivity index (χ4n) is 3.42. The lowest BCUT2D eigenvalue weighted by Crippen LogP contribution is -2.32. The molecule has 2 atom stereocenters. The lowest BCUT2D eigenvalue weighted by atomic mass is 10.0. The van der Waals surface area contributed by atoms with Gasteiger partial charge in [0, 0.05) is 18.0 Å². The molecule has 2 aromatic rings. The summed E-state index contributed by atoms with van der Waals surface area (Å²) in [7, 11) is 0. The Hall–Kier alpha value is -2.21. The van der Waals surface area contributed by atoms with Gasteiger partial charge in [-0.05, 0) is 43.5 Å². The molecule has 4 rings (SSSR count). The number of hydrogen-bond acceptors (Lipinski definition) is 3. The summed E-state index contributed by atoms with van der Waals surface area (Å²) < 4.78 is 33.1. The minimum absolute atomic E-state index is 0.0920. The molecule has 2 fully saturated rings. The lowest BCUT2D eigenvalue weighted by molar-refractivity contribution is 0.0711. The van der Waals surface area contributed by atoms with Crippen LogP contribution >= 0.6 is 0 Å². The second-order valence-electron chi connectivity index (χ2n) is 6.50. The van der Waals surface area contributed by atoms with Crippen LogP contribution in [0.3, 0.4) is 0 Å². The number of carbonyl (C=O) groups is 1. The number of aliphatic hydroxyl groups excluding tert-OH is 1. The molecule has 24 heavy (non-hydrogen) atoms. The van der Waals surface area contributed by atoms with Gasteiger partial charge in [-0.3, -0.25) is 4.79 Å². The third-order valence-electron chi connectivity index (χ3n) is 4.73. The number of carbonyl (C=O) groups excluding carboxylic acids is 1. The van der Waals surface area contributed by atoms with Crippen molar-refractivity contribution in [3.05, 3.63) is 59.1 Å². The standard InChI is InChI=1S/C18H17F2NO3/c19-11-3-4-15(20)14(7-11)16-8-12(22)9-21(16)18(23)13-5-6-24-17(13)10-1-2-10/h3-7,10,12,16,22H,1-2,8-9H2/t12-,16-/m1/s1. The highest BCUT2D eigenvalue weighted by Crippen LogP contribution is 2.43. The number of amides is 1. The number of hydrogen-bond donors (Lipinski definition) is 1. The zero-order chi connectivity index (χ0) is 16.8. The fraction of sp³-hybridized carbons (Fsp3) is 0.389. The van der Waals surface area contributed by atoms with Crippen molar-refractivity contribution >= 4 is 5.91 Å². The lowest BCUT2D eigenvalue weighted by Gasteiger charge is -2.25. The second kappa shape index (κ2) is 5.70. The van der Waals surface area contributed by atoms with E-state index in [9.17, 15) is 18.7 Å². The van der Waals surface area contributed by atoms with Gasteiger partial charge in [-0.1, -0.05) is 0 Å². The maximum absolute atomic E-state index is 14.1. The summed E-state index contributed by atoms with van der Waals surface area (Å²) in [6.45, 7) is 0.0920. The van der Waals surface area contributed by atoms with E-state index in [0.29, 0.717) is 11.3 Å². The predicted molar refractivity (Wildman–Crippen MR) is 81.4 cm³/mol. The van der Waals surface area contributed by atoms with Gasteiger partial charge in [0.25, 0.3) is 5.91 Å². The Kier molecular flexibility index (Phi) is 3.64. The van der Waals surface area contributed by atoms with Crippen molar-refractivity contribution in [2.45, 2.75) is 37.3 Å². The first kappa shape index (κ1) is 15.3. The molecule has 1 amide bonds. The number of furan rings is 1. The van der Waals surface area contributed by atoms with Gasteiger partial charge in [-0.15, -0.1) is 0 Å². The highest BCUT2D eigenvalue weighted by atomic mass is 19.1. The zero-order valence-corrected chi connectivity index (χ0v) is 12.9. The Morgan fingerprint density at radius 3 is 2.79 bits per heavy atom. The van der Waals surface area contributed by atoms with E-state index in [1.54, 1.807) is 6.07 Å². The SMILES string of the molecule is O=C(c1ccoc1C1CC1)N1C[C@H](O)C[C@@H]1c1cc(F)ccc1F. The Labute approximate surface area is 137 Å². The molecule has 1 saturated carbocycles. The van der Waals surface area contributed by atoms with E-state index in [-0.39, 0.29) is 30.4 Å². The van der Waals surface area contributed by atoms with Crippen molar-refractivity contribution in [1.29, 1.82) is 0 Å². The van der Waals surface area contributed by atoms with Crippen molar-refractivity contribution < 1.29 is 23.1 Å². The molecule has 0 unspecified atom stereocenters. The molecule has 1 aromatic carbocycles. The summed E-state index contributed by atoms with van der Waals surface area (Å²) in [4.78, 5) is 14.3. The number of likely N-dealkylation sites (tertiary alicyclic amines) is 1. The van der Waals surface area contributed by atoms with Gasteiger partial charge in [0.1, 0.15) is 17.4 Å². The molecule has 1 aliphatic heterocycles. The van der Waals surface area contributed by atoms with Crippen LogP contribution in [0.2, 0.25) is 0 Å². The van der Waals surface area contributed by atoms with Gasteiger partial charge >= 0.3 is 0 Å². The van der Waals surface area contributed by atoms with Crippen molar-refractivity contribution in [3.8, 4) is 0 Å². The number of aliphatic hydroxyl groups is 1. The van der Waals surface area contributed by atoms with Gasteiger partial charge in [0.2, 0.25) is 0 Å². The second-order valence-corrected chi connectivity index (χ2v) is 6.50. The van der Waals surface area contributed by atoms with Crippen LogP contribution in [0, 0.1) is 11.6 Å². The number of nitrogens with zero attached hydrogens (tertiary/aromatic N) is 1. The Balaban J connectivity index is 1.68. The van der Waals surface area contributed by atoms with Gasteiger partial charge in [0.15, 0.2) is 0 Å². The molecule has 0 bridgehead atoms. The molecule has 0 spiro atoms. The third kappa shape index (κ3) is 2.60. The topological polar surface area (TPSA) is 53.7 Å². The molecule has 2 aliphatic rings. The van der Waals surface area contributed by atoms with Crippen molar-refractivity contribution in [2.75, 3.05) is 6.54 Å². The largest absolute Gasteiger partial charge is 0.468 e. The monoisotopic (exact) mass is 333 g/mol. The van der Waals surface area contributed by atoms with Crippen molar-refractivity contribution in [2.24, 2.45) is 0 Å². The molecule has 1 saturated heterocycles. The summed E-state index contributed by atoms with van der Waals surface area (Å²) in [5.41, 5.74) is 0.546. The first-order valence-electron chi connectivity index (χ1n) is 8.06. The third-order valence-corrected chi connectivity index (χ3v) is 4.73. The molecule has 1 N–H and O–H groups in total. The normalized spacial score (nSPS) is 23.7. The van der Waals surface area contributed by atoms with E-state index in [2.05, 4.69) is 0 Å². The van der Waals surface area contributed by atoms with Gasteiger partial charge in [-0.2, -0.15) is 0 Å². The number of rotatable bonds is 3. The van der Waals surface area contributed by atoms with Crippen LogP contribution in [0.25, 0.3) is 0 Å². The first-order chi connectivity index (χ1) is 11.5. The number of halogens is 2. The van der Waals surface area contributed by atoms with Crippen molar-refractivity contribution in [1.82, 2.24) is 4.90 Å². The fourth-order valence-corrected chi connectivity index (χ4v) is 3.42. The molecule has 4 nitrogen and oxygen atoms in total. The van der Waals surface area contributed by atoms with Crippen LogP contribution in [0.4, 0.5) is 8.78 Å². The predicted octanol–water partition coefficient (Wildman–Crippen LogP) is 3.38. The first-order valence-corrected chi connectivity index (χ1v) is 8.06. The maximum atomic E-state index is 14.1. The molecule has 2 heterocycles. The zero-order valence-electron chi connectivity index (χ0n) is 12.9. The van der Waals surface area contributed by atoms with E-state index in [4.69, 9.17) is 4.42 Å². The van der Waals surface area contributed by atoms with E-state index < -0.39 is 23.8 Å². The van der Waals surface area contributed by atoms with Gasteiger partial charge < -0.3 is 14.4 Å². The molecule has 0 radical (unpaired) electrons. The Morgan fingerprint density at radius 2 is 2.04 bits per heavy atom. The van der Waals surface area contributed by atoms with Crippen molar-refractivity contribution in [3.63, 3.8) is 0 Å². The highest BCUT2D eigenvalue weighted by Gasteiger charge is 2.40. The molecule has 6 heteroatoms. The number of β-amino-alcohol motifs (C(OH)–C–C–N with tert-alkyl or cyclic N) is 1. The number of benzene rings is 1. The average Bonchev–Trinajstić information content (AvgIpc) is 3.15. The summed E-state index contributed by atoms with van der Waals surface area (Å²) in [6, 6.07) is 4.10. The molecule has 126 valence electrons. The summed E-state index contributed by atoms with van der Waals surface area (Å²) in [6.07, 6.45) is 2.86. The average molecular weight is 333 g/mol. The minimum atomic E-state index is -0.766. The van der Waals surface area contributed by atoms with E-state index in [1.807, 2.05) is 0 Å². The van der Waals surface area contributed by atoms with Gasteiger partial charge in [-0.25, -0.2) is 8.78 Å². The van der Waals surface area contributed by atoms with Crippen LogP contribution in [0.15, 0.2) is 34.9 Å². The minimum Gasteiger partial charge on any atom is -0.468 e. The molecular formula is C18H17F2NO3. The summed E-state index contributed by atoms with van der Waals surface area (Å²) in [5, 5.41) is 10.00. The van der Waals surface area contributed by atoms with E-state index in [1.165, 1.54) is 11.2 Å². The molecule has 1 aliphatic carbocycles. The Bertz CT molecular complexity index is 784. The highest BCUT2D eigenvalue weighted by molar-refractivity contribution is 5.96. The summed E-state index contributed by atoms with van der Waals surface area (Å²) in [5.74, 6) is -0.545. The van der Waals surface area contributed by atoms with E-state index >= 15 is 0 Å². The molecular weight excluding hydrogens is 316 g/mol. The molecule has 1 aromatic heterocycles. The van der Waals surface area contributed by atoms with Crippen LogP contribution in [-0.4, -0.2) is 28.6 Å².